The summed E-state index contributed by atoms with van der Waals surface area (Å²) in [6.45, 7) is 1.73. The molecular formula is C22H16ClF3N6O. The van der Waals surface area contributed by atoms with Crippen molar-refractivity contribution < 1.29 is 18.0 Å². The number of hydrogen-bond donors (Lipinski definition) is 1. The zero-order chi connectivity index (χ0) is 23.8. The van der Waals surface area contributed by atoms with Gasteiger partial charge in [0.25, 0.3) is 5.91 Å². The lowest BCUT2D eigenvalue weighted by Crippen LogP contribution is -2.43. The number of aromatic nitrogens is 4. The maximum Gasteiger partial charge on any atom is 0.491 e. The molecule has 0 spiro atoms. The summed E-state index contributed by atoms with van der Waals surface area (Å²) in [5.74, 6) is -0.872. The van der Waals surface area contributed by atoms with Crippen molar-refractivity contribution in [3.05, 3.63) is 71.3 Å². The summed E-state index contributed by atoms with van der Waals surface area (Å²) in [7, 11) is 1.66. The molecule has 3 aromatic heterocycles. The maximum absolute atomic E-state index is 14.0. The molecule has 1 N–H and O–H groups in total. The van der Waals surface area contributed by atoms with Gasteiger partial charge in [-0.1, -0.05) is 17.7 Å². The Balaban J connectivity index is 1.85. The SMILES string of the molecule is CNc1ncc2cc(-c3cc(N(C(=O)c4ccncc4)C(F)(F)F)ccc3C)c(Cl)nc2n1. The highest BCUT2D eigenvalue weighted by molar-refractivity contribution is 6.32. The Morgan fingerprint density at radius 1 is 1.06 bits per heavy atom. The van der Waals surface area contributed by atoms with Crippen LogP contribution in [0.15, 0.2) is 55.0 Å². The van der Waals surface area contributed by atoms with E-state index in [0.29, 0.717) is 33.7 Å². The first-order chi connectivity index (χ1) is 15.7. The summed E-state index contributed by atoms with van der Waals surface area (Å²) in [5.41, 5.74) is 1.26. The molecule has 0 saturated heterocycles. The lowest BCUT2D eigenvalue weighted by Gasteiger charge is -2.26. The number of rotatable bonds is 4. The fourth-order valence-electron chi connectivity index (χ4n) is 3.29. The average Bonchev–Trinajstić information content (AvgIpc) is 2.79. The summed E-state index contributed by atoms with van der Waals surface area (Å²) in [5, 5.41) is 3.41. The highest BCUT2D eigenvalue weighted by atomic mass is 35.5. The number of halogens is 4. The van der Waals surface area contributed by atoms with E-state index in [1.807, 2.05) is 0 Å². The second-order valence-electron chi connectivity index (χ2n) is 7.03. The van der Waals surface area contributed by atoms with E-state index in [1.54, 1.807) is 20.0 Å². The van der Waals surface area contributed by atoms with Crippen LogP contribution in [0.5, 0.6) is 0 Å². The van der Waals surface area contributed by atoms with Crippen LogP contribution in [0.25, 0.3) is 22.2 Å². The molecule has 0 saturated carbocycles. The van der Waals surface area contributed by atoms with E-state index in [9.17, 15) is 18.0 Å². The highest BCUT2D eigenvalue weighted by Gasteiger charge is 2.43. The molecule has 0 aliphatic rings. The minimum absolute atomic E-state index is 0.0579. The Kier molecular flexibility index (Phi) is 5.86. The van der Waals surface area contributed by atoms with E-state index >= 15 is 0 Å². The molecule has 4 rings (SSSR count). The molecule has 0 atom stereocenters. The summed E-state index contributed by atoms with van der Waals surface area (Å²) in [4.78, 5) is 28.9. The van der Waals surface area contributed by atoms with Crippen molar-refractivity contribution >= 4 is 40.2 Å². The van der Waals surface area contributed by atoms with Crippen molar-refractivity contribution in [1.29, 1.82) is 0 Å². The van der Waals surface area contributed by atoms with Gasteiger partial charge in [0.15, 0.2) is 5.65 Å². The van der Waals surface area contributed by atoms with Crippen LogP contribution in [0.4, 0.5) is 24.8 Å². The molecule has 4 aromatic rings. The van der Waals surface area contributed by atoms with Crippen molar-refractivity contribution in [2.75, 3.05) is 17.3 Å². The number of hydrogen-bond acceptors (Lipinski definition) is 6. The molecule has 0 unspecified atom stereocenters. The molecule has 0 fully saturated rings. The van der Waals surface area contributed by atoms with Crippen molar-refractivity contribution in [2.45, 2.75) is 13.2 Å². The number of benzene rings is 1. The minimum Gasteiger partial charge on any atom is -0.357 e. The van der Waals surface area contributed by atoms with E-state index in [0.717, 1.165) is 0 Å². The number of nitrogens with one attached hydrogen (secondary N) is 1. The minimum atomic E-state index is -4.96. The van der Waals surface area contributed by atoms with Crippen molar-refractivity contribution in [3.8, 4) is 11.1 Å². The Morgan fingerprint density at radius 2 is 1.79 bits per heavy atom. The second-order valence-corrected chi connectivity index (χ2v) is 7.38. The third-order valence-electron chi connectivity index (χ3n) is 4.90. The molecule has 7 nitrogen and oxygen atoms in total. The van der Waals surface area contributed by atoms with Crippen LogP contribution in [-0.2, 0) is 0 Å². The van der Waals surface area contributed by atoms with Gasteiger partial charge in [0.05, 0.1) is 5.69 Å². The predicted molar refractivity (Wildman–Crippen MR) is 119 cm³/mol. The highest BCUT2D eigenvalue weighted by Crippen LogP contribution is 2.37. The molecule has 1 aromatic carbocycles. The average molecular weight is 473 g/mol. The van der Waals surface area contributed by atoms with Gasteiger partial charge in [-0.05, 0) is 48.4 Å². The number of carbonyl (C=O) groups excluding carboxylic acids is 1. The van der Waals surface area contributed by atoms with Crippen LogP contribution in [0, 0.1) is 6.92 Å². The fraction of sp³-hybridized carbons (Fsp3) is 0.136. The molecule has 3 heterocycles. The van der Waals surface area contributed by atoms with Gasteiger partial charge in [0.2, 0.25) is 5.95 Å². The summed E-state index contributed by atoms with van der Waals surface area (Å²) >= 11 is 6.38. The summed E-state index contributed by atoms with van der Waals surface area (Å²) < 4.78 is 41.9. The third kappa shape index (κ3) is 4.42. The van der Waals surface area contributed by atoms with Crippen molar-refractivity contribution in [2.24, 2.45) is 0 Å². The lowest BCUT2D eigenvalue weighted by atomic mass is 10.00. The van der Waals surface area contributed by atoms with E-state index in [1.165, 1.54) is 48.9 Å². The predicted octanol–water partition coefficient (Wildman–Crippen LogP) is 5.26. The molecule has 0 bridgehead atoms. The first-order valence-corrected chi connectivity index (χ1v) is 10.00. The number of alkyl halides is 3. The van der Waals surface area contributed by atoms with Gasteiger partial charge in [-0.15, -0.1) is 13.2 Å². The first kappa shape index (κ1) is 22.4. The quantitative estimate of drug-likeness (QED) is 0.322. The third-order valence-corrected chi connectivity index (χ3v) is 5.19. The summed E-state index contributed by atoms with van der Waals surface area (Å²) in [6.07, 6.45) is -0.917. The molecular weight excluding hydrogens is 457 g/mol. The van der Waals surface area contributed by atoms with E-state index in [4.69, 9.17) is 11.6 Å². The number of amides is 1. The monoisotopic (exact) mass is 472 g/mol. The van der Waals surface area contributed by atoms with Gasteiger partial charge in [0, 0.05) is 42.2 Å². The van der Waals surface area contributed by atoms with E-state index in [-0.39, 0.29) is 21.3 Å². The summed E-state index contributed by atoms with van der Waals surface area (Å²) in [6, 6.07) is 8.08. The van der Waals surface area contributed by atoms with Crippen molar-refractivity contribution in [3.63, 3.8) is 0 Å². The second kappa shape index (κ2) is 8.62. The van der Waals surface area contributed by atoms with Crippen LogP contribution in [0.3, 0.4) is 0 Å². The topological polar surface area (TPSA) is 83.9 Å². The molecule has 0 aliphatic carbocycles. The van der Waals surface area contributed by atoms with Crippen LogP contribution in [-0.4, -0.2) is 39.2 Å². The number of aryl methyl sites for hydroxylation is 1. The molecule has 168 valence electrons. The maximum atomic E-state index is 14.0. The van der Waals surface area contributed by atoms with Gasteiger partial charge in [-0.2, -0.15) is 4.98 Å². The largest absolute Gasteiger partial charge is 0.491 e. The fourth-order valence-corrected chi connectivity index (χ4v) is 3.53. The zero-order valence-electron chi connectivity index (χ0n) is 17.4. The number of nitrogens with zero attached hydrogens (tertiary/aromatic N) is 5. The molecule has 1 amide bonds. The first-order valence-electron chi connectivity index (χ1n) is 9.62. The van der Waals surface area contributed by atoms with Gasteiger partial charge in [-0.25, -0.2) is 14.9 Å². The van der Waals surface area contributed by atoms with Gasteiger partial charge in [-0.3, -0.25) is 9.78 Å². The van der Waals surface area contributed by atoms with Crippen molar-refractivity contribution in [1.82, 2.24) is 19.9 Å². The Hall–Kier alpha value is -3.79. The molecule has 0 aliphatic heterocycles. The van der Waals surface area contributed by atoms with E-state index < -0.39 is 12.2 Å². The van der Waals surface area contributed by atoms with Crippen LogP contribution < -0.4 is 10.2 Å². The smallest absolute Gasteiger partial charge is 0.357 e. The molecule has 0 radical (unpaired) electrons. The zero-order valence-corrected chi connectivity index (χ0v) is 18.1. The molecule has 33 heavy (non-hydrogen) atoms. The Labute approximate surface area is 191 Å². The molecule has 11 heteroatoms. The normalized spacial score (nSPS) is 11.5. The van der Waals surface area contributed by atoms with Crippen LogP contribution in [0.1, 0.15) is 15.9 Å². The van der Waals surface area contributed by atoms with Gasteiger partial charge < -0.3 is 5.32 Å². The van der Waals surface area contributed by atoms with Gasteiger partial charge >= 0.3 is 6.30 Å². The van der Waals surface area contributed by atoms with Crippen LogP contribution in [0.2, 0.25) is 5.15 Å². The van der Waals surface area contributed by atoms with E-state index in [2.05, 4.69) is 25.3 Å². The standard InChI is InChI=1S/C22H16ClF3N6O/c1-12-3-4-15(32(22(24,25)26)20(33)13-5-7-28-8-6-13)10-16(12)17-9-14-11-29-21(27-2)31-19(14)30-18(17)23/h3-11H,1-2H3,(H,27,29,30,31). The lowest BCUT2D eigenvalue weighted by molar-refractivity contribution is -0.122. The number of pyridine rings is 2. The Bertz CT molecular complexity index is 1350. The number of carbonyl (C=O) groups is 1. The van der Waals surface area contributed by atoms with Crippen LogP contribution >= 0.6 is 11.6 Å². The van der Waals surface area contributed by atoms with Gasteiger partial charge in [0.1, 0.15) is 5.15 Å². The number of fused-ring (bicyclic) bond motifs is 1. The Morgan fingerprint density at radius 3 is 2.45 bits per heavy atom. The number of anilines is 2.